The molecule has 1 aromatic rings. The highest BCUT2D eigenvalue weighted by molar-refractivity contribution is 9.10. The number of aliphatic hydroxyl groups excluding tert-OH is 1. The Balaban J connectivity index is 3.16. The average Bonchev–Trinajstić information content (AvgIpc) is 2.17. The summed E-state index contributed by atoms with van der Waals surface area (Å²) in [4.78, 5) is 0. The molecule has 0 unspecified atom stereocenters. The second kappa shape index (κ2) is 4.51. The van der Waals surface area contributed by atoms with Gasteiger partial charge in [-0.2, -0.15) is 0 Å². The molecule has 84 valence electrons. The predicted molar refractivity (Wildman–Crippen MR) is 53.1 cm³/mol. The van der Waals surface area contributed by atoms with E-state index in [-0.39, 0.29) is 10.0 Å². The summed E-state index contributed by atoms with van der Waals surface area (Å²) in [5.74, 6) is -4.38. The van der Waals surface area contributed by atoms with Crippen molar-refractivity contribution in [3.8, 4) is 0 Å². The van der Waals surface area contributed by atoms with Crippen LogP contribution in [0.2, 0.25) is 0 Å². The van der Waals surface area contributed by atoms with E-state index in [1.165, 1.54) is 12.1 Å². The summed E-state index contributed by atoms with van der Waals surface area (Å²) in [5, 5.41) is 8.44. The third-order valence-corrected chi connectivity index (χ3v) is 2.67. The normalized spacial score (nSPS) is 14.0. The van der Waals surface area contributed by atoms with Crippen molar-refractivity contribution in [1.82, 2.24) is 0 Å². The van der Waals surface area contributed by atoms with Gasteiger partial charge in [-0.3, -0.25) is 0 Å². The van der Waals surface area contributed by atoms with Crippen molar-refractivity contribution in [2.24, 2.45) is 5.73 Å². The molecule has 1 atom stereocenters. The van der Waals surface area contributed by atoms with Crippen molar-refractivity contribution in [2.45, 2.75) is 12.0 Å². The molecule has 0 aliphatic carbocycles. The van der Waals surface area contributed by atoms with Crippen LogP contribution in [0, 0.1) is 5.82 Å². The molecule has 0 aliphatic rings. The summed E-state index contributed by atoms with van der Waals surface area (Å²) in [5.41, 5.74) is 4.87. The van der Waals surface area contributed by atoms with Gasteiger partial charge in [0.15, 0.2) is 0 Å². The Morgan fingerprint density at radius 2 is 2.07 bits per heavy atom. The number of rotatable bonds is 3. The maximum Gasteiger partial charge on any atom is 0.289 e. The molecule has 0 aliphatic heterocycles. The lowest BCUT2D eigenvalue weighted by molar-refractivity contribution is -0.0720. The Morgan fingerprint density at radius 1 is 1.47 bits per heavy atom. The second-order valence-corrected chi connectivity index (χ2v) is 3.89. The lowest BCUT2D eigenvalue weighted by atomic mass is 10.0. The Hall–Kier alpha value is -0.590. The minimum atomic E-state index is -3.55. The number of alkyl halides is 2. The Morgan fingerprint density at radius 3 is 2.53 bits per heavy atom. The van der Waals surface area contributed by atoms with Crippen molar-refractivity contribution < 1.29 is 18.3 Å². The summed E-state index contributed by atoms with van der Waals surface area (Å²) < 4.78 is 39.5. The highest BCUT2D eigenvalue weighted by Gasteiger charge is 2.39. The van der Waals surface area contributed by atoms with Gasteiger partial charge in [-0.05, 0) is 12.1 Å². The SMILES string of the molecule is N[C@@H](c1c(F)cccc1Br)C(F)(F)CO. The first kappa shape index (κ1) is 12.5. The zero-order chi connectivity index (χ0) is 11.6. The highest BCUT2D eigenvalue weighted by Crippen LogP contribution is 2.34. The Labute approximate surface area is 93.0 Å². The molecule has 0 fully saturated rings. The van der Waals surface area contributed by atoms with Crippen LogP contribution in [0.25, 0.3) is 0 Å². The van der Waals surface area contributed by atoms with Crippen molar-refractivity contribution in [2.75, 3.05) is 6.61 Å². The van der Waals surface area contributed by atoms with Crippen molar-refractivity contribution in [3.05, 3.63) is 34.1 Å². The summed E-state index contributed by atoms with van der Waals surface area (Å²) in [6, 6.07) is 1.93. The lowest BCUT2D eigenvalue weighted by Crippen LogP contribution is -2.37. The molecule has 0 spiro atoms. The molecule has 0 saturated heterocycles. The van der Waals surface area contributed by atoms with Crippen LogP contribution in [-0.4, -0.2) is 17.6 Å². The van der Waals surface area contributed by atoms with Crippen molar-refractivity contribution in [1.29, 1.82) is 0 Å². The van der Waals surface area contributed by atoms with Gasteiger partial charge in [0.25, 0.3) is 5.92 Å². The largest absolute Gasteiger partial charge is 0.390 e. The molecule has 0 saturated carbocycles. The van der Waals surface area contributed by atoms with Crippen molar-refractivity contribution >= 4 is 15.9 Å². The van der Waals surface area contributed by atoms with Gasteiger partial charge in [0.2, 0.25) is 0 Å². The zero-order valence-corrected chi connectivity index (χ0v) is 9.14. The minimum absolute atomic E-state index is 0.156. The highest BCUT2D eigenvalue weighted by atomic mass is 79.9. The number of halogens is 4. The van der Waals surface area contributed by atoms with Crippen LogP contribution >= 0.6 is 15.9 Å². The van der Waals surface area contributed by atoms with Gasteiger partial charge in [-0.15, -0.1) is 0 Å². The molecule has 2 nitrogen and oxygen atoms in total. The second-order valence-electron chi connectivity index (χ2n) is 3.03. The maximum absolute atomic E-state index is 13.2. The maximum atomic E-state index is 13.2. The third kappa shape index (κ3) is 2.50. The first-order valence-electron chi connectivity index (χ1n) is 4.08. The summed E-state index contributed by atoms with van der Waals surface area (Å²) in [6.45, 7) is -1.42. The fraction of sp³-hybridized carbons (Fsp3) is 0.333. The molecule has 0 bridgehead atoms. The van der Waals surface area contributed by atoms with Gasteiger partial charge < -0.3 is 10.8 Å². The average molecular weight is 284 g/mol. The summed E-state index contributed by atoms with van der Waals surface area (Å²) >= 11 is 2.93. The van der Waals surface area contributed by atoms with E-state index in [2.05, 4.69) is 15.9 Å². The van der Waals surface area contributed by atoms with Crippen molar-refractivity contribution in [3.63, 3.8) is 0 Å². The molecule has 0 amide bonds. The summed E-state index contributed by atoms with van der Waals surface area (Å²) in [6.07, 6.45) is 0. The van der Waals surface area contributed by atoms with Gasteiger partial charge in [-0.25, -0.2) is 13.2 Å². The van der Waals surface area contributed by atoms with E-state index in [9.17, 15) is 13.2 Å². The van der Waals surface area contributed by atoms with E-state index in [0.29, 0.717) is 0 Å². The van der Waals surface area contributed by atoms with E-state index in [1.807, 2.05) is 0 Å². The van der Waals surface area contributed by atoms with Gasteiger partial charge in [0.1, 0.15) is 18.5 Å². The summed E-state index contributed by atoms with van der Waals surface area (Å²) in [7, 11) is 0. The lowest BCUT2D eigenvalue weighted by Gasteiger charge is -2.22. The van der Waals surface area contributed by atoms with Crippen LogP contribution in [-0.2, 0) is 0 Å². The molecule has 3 N–H and O–H groups in total. The smallest absolute Gasteiger partial charge is 0.289 e. The van der Waals surface area contributed by atoms with E-state index < -0.39 is 24.4 Å². The Bertz CT molecular complexity index is 339. The molecule has 0 aromatic heterocycles. The monoisotopic (exact) mass is 283 g/mol. The fourth-order valence-electron chi connectivity index (χ4n) is 1.12. The quantitative estimate of drug-likeness (QED) is 0.894. The number of hydrogen-bond donors (Lipinski definition) is 2. The molecule has 1 rings (SSSR count). The van der Waals surface area contributed by atoms with Crippen LogP contribution in [0.5, 0.6) is 0 Å². The number of aliphatic hydroxyl groups is 1. The number of nitrogens with two attached hydrogens (primary N) is 1. The third-order valence-electron chi connectivity index (χ3n) is 1.98. The standard InChI is InChI=1S/C9H9BrF3NO/c10-5-2-1-3-6(11)7(5)8(14)9(12,13)4-15/h1-3,8,15H,4,14H2/t8-/m0/s1. The van der Waals surface area contributed by atoms with Crippen LogP contribution < -0.4 is 5.73 Å². The van der Waals surface area contributed by atoms with Crippen LogP contribution in [0.15, 0.2) is 22.7 Å². The topological polar surface area (TPSA) is 46.2 Å². The van der Waals surface area contributed by atoms with Gasteiger partial charge in [0.05, 0.1) is 0 Å². The predicted octanol–water partition coefficient (Wildman–Crippen LogP) is 2.22. The van der Waals surface area contributed by atoms with Gasteiger partial charge in [0, 0.05) is 10.0 Å². The molecule has 15 heavy (non-hydrogen) atoms. The molecule has 1 aromatic carbocycles. The molecule has 0 radical (unpaired) electrons. The first-order chi connectivity index (χ1) is 6.90. The van der Waals surface area contributed by atoms with Gasteiger partial charge in [-0.1, -0.05) is 22.0 Å². The minimum Gasteiger partial charge on any atom is -0.390 e. The van der Waals surface area contributed by atoms with E-state index in [4.69, 9.17) is 10.8 Å². The van der Waals surface area contributed by atoms with Crippen LogP contribution in [0.3, 0.4) is 0 Å². The number of benzene rings is 1. The Kier molecular flexibility index (Phi) is 3.75. The van der Waals surface area contributed by atoms with E-state index >= 15 is 0 Å². The number of hydrogen-bond acceptors (Lipinski definition) is 2. The van der Waals surface area contributed by atoms with Crippen LogP contribution in [0.4, 0.5) is 13.2 Å². The van der Waals surface area contributed by atoms with E-state index in [0.717, 1.165) is 6.07 Å². The van der Waals surface area contributed by atoms with Gasteiger partial charge >= 0.3 is 0 Å². The molecule has 0 heterocycles. The zero-order valence-electron chi connectivity index (χ0n) is 7.55. The van der Waals surface area contributed by atoms with E-state index in [1.54, 1.807) is 0 Å². The molecular weight excluding hydrogens is 275 g/mol. The first-order valence-corrected chi connectivity index (χ1v) is 4.87. The van der Waals surface area contributed by atoms with Crippen LogP contribution in [0.1, 0.15) is 11.6 Å². The fourth-order valence-corrected chi connectivity index (χ4v) is 1.71. The molecular formula is C9H9BrF3NO. The molecule has 6 heteroatoms.